The molecule has 33 heavy (non-hydrogen) atoms. The van der Waals surface area contributed by atoms with Gasteiger partial charge in [-0.05, 0) is 50.1 Å². The molecule has 4 rings (SSSR count). The number of nitrogens with zero attached hydrogens (tertiary/aromatic N) is 6. The number of hydrogen-bond donors (Lipinski definition) is 1. The van der Waals surface area contributed by atoms with Crippen LogP contribution in [-0.2, 0) is 0 Å². The summed E-state index contributed by atoms with van der Waals surface area (Å²) in [6.07, 6.45) is 2.89. The van der Waals surface area contributed by atoms with Gasteiger partial charge in [0, 0.05) is 38.4 Å². The summed E-state index contributed by atoms with van der Waals surface area (Å²) in [6.45, 7) is 8.86. The Kier molecular flexibility index (Phi) is 6.11. The van der Waals surface area contributed by atoms with Crippen LogP contribution >= 0.6 is 0 Å². The predicted molar refractivity (Wildman–Crippen MR) is 120 cm³/mol. The van der Waals surface area contributed by atoms with Gasteiger partial charge in [0.15, 0.2) is 5.82 Å². The molecule has 3 heterocycles. The molecule has 3 aromatic rings. The average molecular weight is 449 g/mol. The van der Waals surface area contributed by atoms with E-state index in [0.29, 0.717) is 41.6 Å². The van der Waals surface area contributed by atoms with Crippen LogP contribution in [0.3, 0.4) is 0 Å². The highest BCUT2D eigenvalue weighted by atomic mass is 19.1. The molecule has 0 bridgehead atoms. The monoisotopic (exact) mass is 448 g/mol. The van der Waals surface area contributed by atoms with E-state index in [1.54, 1.807) is 31.2 Å². The maximum Gasteiger partial charge on any atom is 0.255 e. The highest BCUT2D eigenvalue weighted by molar-refractivity contribution is 5.94. The van der Waals surface area contributed by atoms with E-state index in [-0.39, 0.29) is 22.9 Å². The van der Waals surface area contributed by atoms with E-state index in [2.05, 4.69) is 28.8 Å². The number of pyridine rings is 1. The molecule has 2 aromatic heterocycles. The van der Waals surface area contributed by atoms with Crippen molar-refractivity contribution in [2.45, 2.75) is 26.8 Å². The van der Waals surface area contributed by atoms with Crippen molar-refractivity contribution in [2.75, 3.05) is 26.2 Å². The third-order valence-corrected chi connectivity index (χ3v) is 6.08. The first-order valence-corrected chi connectivity index (χ1v) is 10.8. The topological polar surface area (TPSA) is 98.3 Å². The van der Waals surface area contributed by atoms with Gasteiger partial charge < -0.3 is 10.0 Å². The molecular formula is C24H25FN6O2. The zero-order valence-corrected chi connectivity index (χ0v) is 18.8. The van der Waals surface area contributed by atoms with Crippen molar-refractivity contribution in [3.8, 4) is 28.9 Å². The summed E-state index contributed by atoms with van der Waals surface area (Å²) in [5.74, 6) is -0.589. The van der Waals surface area contributed by atoms with Crippen LogP contribution in [0.25, 0.3) is 16.9 Å². The van der Waals surface area contributed by atoms with Crippen LogP contribution in [0.5, 0.6) is 5.88 Å². The van der Waals surface area contributed by atoms with Gasteiger partial charge in [0.25, 0.3) is 5.91 Å². The first-order chi connectivity index (χ1) is 15.8. The third kappa shape index (κ3) is 4.17. The molecule has 0 radical (unpaired) electrons. The van der Waals surface area contributed by atoms with Gasteiger partial charge in [0.1, 0.15) is 11.9 Å². The minimum atomic E-state index is -0.627. The number of carbonyl (C=O) groups is 1. The van der Waals surface area contributed by atoms with Gasteiger partial charge in [-0.2, -0.15) is 15.0 Å². The molecule has 1 aliphatic rings. The zero-order valence-electron chi connectivity index (χ0n) is 18.8. The first kappa shape index (κ1) is 22.4. The number of carbonyl (C=O) groups excluding carboxylic acids is 1. The predicted octanol–water partition coefficient (Wildman–Crippen LogP) is 3.13. The summed E-state index contributed by atoms with van der Waals surface area (Å²) in [7, 11) is 0. The van der Waals surface area contributed by atoms with Crippen LogP contribution in [0, 0.1) is 24.1 Å². The standard InChI is InChI=1S/C24H25FN6O2/c1-15(2)29-8-10-30(11-9-29)23(32)18-5-7-21(27-13-18)31-24(33)20(14-28-31)19-6-4-17(12-26)22(25)16(19)3/h4-7,13-15,33H,8-11H2,1-3H3. The van der Waals surface area contributed by atoms with Gasteiger partial charge >= 0.3 is 0 Å². The molecule has 0 spiro atoms. The lowest BCUT2D eigenvalue weighted by Gasteiger charge is -2.36. The minimum absolute atomic E-state index is 0.0596. The summed E-state index contributed by atoms with van der Waals surface area (Å²) in [5, 5.41) is 23.9. The van der Waals surface area contributed by atoms with Gasteiger partial charge in [-0.15, -0.1) is 0 Å². The van der Waals surface area contributed by atoms with E-state index >= 15 is 0 Å². The smallest absolute Gasteiger partial charge is 0.255 e. The maximum absolute atomic E-state index is 14.4. The molecule has 0 aliphatic carbocycles. The summed E-state index contributed by atoms with van der Waals surface area (Å²) >= 11 is 0. The van der Waals surface area contributed by atoms with Crippen molar-refractivity contribution in [1.82, 2.24) is 24.6 Å². The number of benzene rings is 1. The van der Waals surface area contributed by atoms with Gasteiger partial charge in [0.2, 0.25) is 5.88 Å². The summed E-state index contributed by atoms with van der Waals surface area (Å²) in [6, 6.07) is 8.48. The Morgan fingerprint density at radius 1 is 1.12 bits per heavy atom. The molecule has 170 valence electrons. The normalized spacial score (nSPS) is 14.5. The number of hydrogen-bond acceptors (Lipinski definition) is 6. The van der Waals surface area contributed by atoms with E-state index in [4.69, 9.17) is 5.26 Å². The Bertz CT molecular complexity index is 1220. The Balaban J connectivity index is 1.54. The third-order valence-electron chi connectivity index (χ3n) is 6.08. The molecule has 1 aliphatic heterocycles. The molecule has 9 heteroatoms. The van der Waals surface area contributed by atoms with Gasteiger partial charge in [0.05, 0.1) is 22.9 Å². The van der Waals surface area contributed by atoms with Crippen LogP contribution in [0.2, 0.25) is 0 Å². The van der Waals surface area contributed by atoms with Crippen molar-refractivity contribution >= 4 is 5.91 Å². The molecule has 0 saturated carbocycles. The minimum Gasteiger partial charge on any atom is -0.493 e. The SMILES string of the molecule is Cc1c(-c2cnn(-c3ccc(C(=O)N4CCN(C(C)C)CC4)cn3)c2O)ccc(C#N)c1F. The Morgan fingerprint density at radius 3 is 2.45 bits per heavy atom. The fourth-order valence-electron chi connectivity index (χ4n) is 4.02. The lowest BCUT2D eigenvalue weighted by atomic mass is 10.00. The first-order valence-electron chi connectivity index (χ1n) is 10.8. The van der Waals surface area contributed by atoms with Crippen molar-refractivity contribution in [3.05, 3.63) is 59.2 Å². The second-order valence-electron chi connectivity index (χ2n) is 8.33. The molecule has 0 unspecified atom stereocenters. The van der Waals surface area contributed by atoms with Crippen molar-refractivity contribution in [3.63, 3.8) is 0 Å². The Morgan fingerprint density at radius 2 is 1.85 bits per heavy atom. The lowest BCUT2D eigenvalue weighted by molar-refractivity contribution is 0.0595. The van der Waals surface area contributed by atoms with Crippen molar-refractivity contribution in [1.29, 1.82) is 5.26 Å². The van der Waals surface area contributed by atoms with E-state index in [1.807, 2.05) is 4.90 Å². The maximum atomic E-state index is 14.4. The molecule has 1 amide bonds. The van der Waals surface area contributed by atoms with E-state index in [1.165, 1.54) is 23.1 Å². The number of aromatic nitrogens is 3. The van der Waals surface area contributed by atoms with Crippen LogP contribution in [-0.4, -0.2) is 67.8 Å². The molecule has 1 saturated heterocycles. The molecule has 8 nitrogen and oxygen atoms in total. The molecule has 1 aromatic carbocycles. The van der Waals surface area contributed by atoms with Crippen LogP contribution in [0.15, 0.2) is 36.7 Å². The van der Waals surface area contributed by atoms with Gasteiger partial charge in [-0.1, -0.05) is 6.07 Å². The number of piperazine rings is 1. The average Bonchev–Trinajstić information content (AvgIpc) is 3.21. The van der Waals surface area contributed by atoms with Gasteiger partial charge in [-0.3, -0.25) is 9.69 Å². The number of rotatable bonds is 4. The van der Waals surface area contributed by atoms with Crippen LogP contribution in [0.1, 0.15) is 35.3 Å². The highest BCUT2D eigenvalue weighted by Crippen LogP contribution is 2.34. The zero-order chi connectivity index (χ0) is 23.7. The van der Waals surface area contributed by atoms with Crippen molar-refractivity contribution in [2.24, 2.45) is 0 Å². The second-order valence-corrected chi connectivity index (χ2v) is 8.33. The Labute approximate surface area is 191 Å². The Hall–Kier alpha value is -3.77. The number of halogens is 1. The second kappa shape index (κ2) is 9.00. The number of aromatic hydroxyl groups is 1. The molecule has 1 fully saturated rings. The van der Waals surface area contributed by atoms with E-state index in [0.717, 1.165) is 13.1 Å². The van der Waals surface area contributed by atoms with E-state index < -0.39 is 5.82 Å². The fourth-order valence-corrected chi connectivity index (χ4v) is 4.02. The fraction of sp³-hybridized carbons (Fsp3) is 0.333. The molecular weight excluding hydrogens is 423 g/mol. The largest absolute Gasteiger partial charge is 0.493 e. The number of amides is 1. The highest BCUT2D eigenvalue weighted by Gasteiger charge is 2.24. The van der Waals surface area contributed by atoms with E-state index in [9.17, 15) is 14.3 Å². The van der Waals surface area contributed by atoms with Crippen LogP contribution in [0.4, 0.5) is 4.39 Å². The van der Waals surface area contributed by atoms with Crippen molar-refractivity contribution < 1.29 is 14.3 Å². The van der Waals surface area contributed by atoms with Crippen LogP contribution < -0.4 is 0 Å². The quantitative estimate of drug-likeness (QED) is 0.659. The van der Waals surface area contributed by atoms with Gasteiger partial charge in [-0.25, -0.2) is 9.37 Å². The summed E-state index contributed by atoms with van der Waals surface area (Å²) in [5.41, 5.74) is 1.41. The number of nitriles is 1. The summed E-state index contributed by atoms with van der Waals surface area (Å²) < 4.78 is 15.6. The summed E-state index contributed by atoms with van der Waals surface area (Å²) in [4.78, 5) is 21.3. The molecule has 1 N–H and O–H groups in total. The molecule has 0 atom stereocenters. The lowest BCUT2D eigenvalue weighted by Crippen LogP contribution is -2.50.